The van der Waals surface area contributed by atoms with Crippen molar-refractivity contribution in [2.24, 2.45) is 11.3 Å². The summed E-state index contributed by atoms with van der Waals surface area (Å²) < 4.78 is 0. The average Bonchev–Trinajstić information content (AvgIpc) is 2.25. The Labute approximate surface area is 118 Å². The third-order valence-electron chi connectivity index (χ3n) is 6.01. The lowest BCUT2D eigenvalue weighted by molar-refractivity contribution is -0.167. The van der Waals surface area contributed by atoms with Crippen molar-refractivity contribution >= 4 is 0 Å². The Morgan fingerprint density at radius 2 is 1.63 bits per heavy atom. The number of likely N-dealkylation sites (tertiary alicyclic amines) is 2. The van der Waals surface area contributed by atoms with Gasteiger partial charge < -0.3 is 5.32 Å². The van der Waals surface area contributed by atoms with E-state index in [1.807, 2.05) is 0 Å². The van der Waals surface area contributed by atoms with Gasteiger partial charge in [-0.25, -0.2) is 0 Å². The fraction of sp³-hybridized carbons (Fsp3) is 1.00. The van der Waals surface area contributed by atoms with Gasteiger partial charge in [0.2, 0.25) is 0 Å². The van der Waals surface area contributed by atoms with Crippen LogP contribution in [0.2, 0.25) is 0 Å². The van der Waals surface area contributed by atoms with Crippen LogP contribution in [0.3, 0.4) is 0 Å². The van der Waals surface area contributed by atoms with E-state index in [4.69, 9.17) is 0 Å². The van der Waals surface area contributed by atoms with Crippen molar-refractivity contribution in [3.8, 4) is 0 Å². The third kappa shape index (κ3) is 2.34. The van der Waals surface area contributed by atoms with Gasteiger partial charge in [0.1, 0.15) is 0 Å². The molecule has 3 rings (SSSR count). The molecule has 0 bridgehead atoms. The maximum atomic E-state index is 3.49. The second-order valence-corrected chi connectivity index (χ2v) is 8.03. The van der Waals surface area contributed by atoms with Crippen molar-refractivity contribution in [1.82, 2.24) is 15.1 Å². The summed E-state index contributed by atoms with van der Waals surface area (Å²) in [5.41, 5.74) is 1.07. The number of hydrogen-bond donors (Lipinski definition) is 1. The molecule has 0 amide bonds. The molecule has 0 aromatic heterocycles. The van der Waals surface area contributed by atoms with Gasteiger partial charge in [-0.15, -0.1) is 0 Å². The van der Waals surface area contributed by atoms with E-state index in [0.717, 1.165) is 12.0 Å². The van der Waals surface area contributed by atoms with Crippen LogP contribution in [0.15, 0.2) is 0 Å². The van der Waals surface area contributed by atoms with E-state index in [1.165, 1.54) is 52.1 Å². The summed E-state index contributed by atoms with van der Waals surface area (Å²) in [6.07, 6.45) is 2.71. The highest BCUT2D eigenvalue weighted by atomic mass is 15.4. The molecule has 3 fully saturated rings. The summed E-state index contributed by atoms with van der Waals surface area (Å²) in [7, 11) is 0. The minimum absolute atomic E-state index is 0.408. The quantitative estimate of drug-likeness (QED) is 0.839. The fourth-order valence-corrected chi connectivity index (χ4v) is 4.34. The second-order valence-electron chi connectivity index (χ2n) is 8.03. The van der Waals surface area contributed by atoms with Gasteiger partial charge in [0.25, 0.3) is 0 Å². The summed E-state index contributed by atoms with van der Waals surface area (Å²) in [5.74, 6) is 0.882. The van der Waals surface area contributed by atoms with Gasteiger partial charge in [-0.2, -0.15) is 0 Å². The molecule has 1 spiro atoms. The monoisotopic (exact) mass is 265 g/mol. The highest BCUT2D eigenvalue weighted by Crippen LogP contribution is 2.46. The maximum absolute atomic E-state index is 3.49. The van der Waals surface area contributed by atoms with Gasteiger partial charge in [-0.05, 0) is 59.5 Å². The number of hydrogen-bond acceptors (Lipinski definition) is 3. The van der Waals surface area contributed by atoms with Crippen LogP contribution >= 0.6 is 0 Å². The summed E-state index contributed by atoms with van der Waals surface area (Å²) in [4.78, 5) is 5.38. The average molecular weight is 265 g/mol. The lowest BCUT2D eigenvalue weighted by Crippen LogP contribution is -2.76. The third-order valence-corrected chi connectivity index (χ3v) is 6.01. The van der Waals surface area contributed by atoms with E-state index < -0.39 is 0 Å². The van der Waals surface area contributed by atoms with E-state index >= 15 is 0 Å². The van der Waals surface area contributed by atoms with Crippen molar-refractivity contribution in [1.29, 1.82) is 0 Å². The Morgan fingerprint density at radius 1 is 1.05 bits per heavy atom. The van der Waals surface area contributed by atoms with E-state index in [2.05, 4.69) is 42.8 Å². The smallest absolute Gasteiger partial charge is 0.0212 e. The minimum Gasteiger partial charge on any atom is -0.317 e. The van der Waals surface area contributed by atoms with Crippen molar-refractivity contribution in [3.05, 3.63) is 0 Å². The Bertz CT molecular complexity index is 317. The van der Waals surface area contributed by atoms with Crippen LogP contribution in [0.25, 0.3) is 0 Å². The van der Waals surface area contributed by atoms with Gasteiger partial charge in [0, 0.05) is 43.2 Å². The Balaban J connectivity index is 1.52. The normalized spacial score (nSPS) is 29.5. The molecule has 0 atom stereocenters. The standard InChI is InChI=1S/C16H31N3/c1-13(2)18-9-16(10-18)11-19(12-16)15(3,4)14-5-7-17-8-6-14/h13-14,17H,5-12H2,1-4H3. The van der Waals surface area contributed by atoms with Crippen LogP contribution in [-0.4, -0.2) is 60.6 Å². The number of nitrogens with zero attached hydrogens (tertiary/aromatic N) is 2. The van der Waals surface area contributed by atoms with Gasteiger partial charge in [0.05, 0.1) is 0 Å². The number of piperidine rings is 1. The Morgan fingerprint density at radius 3 is 2.16 bits per heavy atom. The van der Waals surface area contributed by atoms with Crippen molar-refractivity contribution in [3.63, 3.8) is 0 Å². The number of rotatable bonds is 3. The van der Waals surface area contributed by atoms with Crippen LogP contribution in [0.5, 0.6) is 0 Å². The van der Waals surface area contributed by atoms with Crippen LogP contribution < -0.4 is 5.32 Å². The first kappa shape index (κ1) is 13.8. The molecule has 3 nitrogen and oxygen atoms in total. The second kappa shape index (κ2) is 4.71. The van der Waals surface area contributed by atoms with Crippen LogP contribution in [0, 0.1) is 11.3 Å². The van der Waals surface area contributed by atoms with Crippen LogP contribution in [0.4, 0.5) is 0 Å². The highest BCUT2D eigenvalue weighted by molar-refractivity contribution is 5.10. The molecule has 1 N–H and O–H groups in total. The molecule has 3 heteroatoms. The van der Waals surface area contributed by atoms with E-state index in [-0.39, 0.29) is 0 Å². The van der Waals surface area contributed by atoms with E-state index in [1.54, 1.807) is 0 Å². The van der Waals surface area contributed by atoms with Crippen molar-refractivity contribution in [2.45, 2.75) is 52.1 Å². The zero-order chi connectivity index (χ0) is 13.7. The van der Waals surface area contributed by atoms with Crippen molar-refractivity contribution in [2.75, 3.05) is 39.3 Å². The first-order chi connectivity index (χ1) is 8.93. The molecule has 0 saturated carbocycles. The van der Waals surface area contributed by atoms with E-state index in [0.29, 0.717) is 11.0 Å². The Kier molecular flexibility index (Phi) is 3.43. The lowest BCUT2D eigenvalue weighted by Gasteiger charge is -2.66. The lowest BCUT2D eigenvalue weighted by atomic mass is 9.67. The van der Waals surface area contributed by atoms with Gasteiger partial charge in [-0.1, -0.05) is 0 Å². The van der Waals surface area contributed by atoms with Crippen molar-refractivity contribution < 1.29 is 0 Å². The molecular formula is C16H31N3. The van der Waals surface area contributed by atoms with Gasteiger partial charge >= 0.3 is 0 Å². The molecular weight excluding hydrogens is 234 g/mol. The van der Waals surface area contributed by atoms with Gasteiger partial charge in [-0.3, -0.25) is 9.80 Å². The predicted molar refractivity (Wildman–Crippen MR) is 80.4 cm³/mol. The zero-order valence-electron chi connectivity index (χ0n) is 13.2. The molecule has 3 aliphatic rings. The molecule has 0 aliphatic carbocycles. The summed E-state index contributed by atoms with van der Waals surface area (Å²) in [6, 6.07) is 0.733. The molecule has 0 aromatic rings. The van der Waals surface area contributed by atoms with Crippen LogP contribution in [-0.2, 0) is 0 Å². The number of nitrogens with one attached hydrogen (secondary N) is 1. The molecule has 110 valence electrons. The largest absolute Gasteiger partial charge is 0.317 e. The first-order valence-corrected chi connectivity index (χ1v) is 8.13. The predicted octanol–water partition coefficient (Wildman–Crippen LogP) is 1.79. The topological polar surface area (TPSA) is 18.5 Å². The fourth-order valence-electron chi connectivity index (χ4n) is 4.34. The molecule has 0 unspecified atom stereocenters. The SMILES string of the molecule is CC(C)N1CC2(C1)CN(C(C)(C)C1CCNCC1)C2. The summed E-state index contributed by atoms with van der Waals surface area (Å²) in [6.45, 7) is 17.4. The molecule has 19 heavy (non-hydrogen) atoms. The maximum Gasteiger partial charge on any atom is 0.0212 e. The van der Waals surface area contributed by atoms with Crippen LogP contribution in [0.1, 0.15) is 40.5 Å². The molecule has 0 aromatic carbocycles. The molecule has 0 radical (unpaired) electrons. The Hall–Kier alpha value is -0.120. The molecule has 3 saturated heterocycles. The van der Waals surface area contributed by atoms with Gasteiger partial charge in [0.15, 0.2) is 0 Å². The zero-order valence-corrected chi connectivity index (χ0v) is 13.2. The first-order valence-electron chi connectivity index (χ1n) is 8.13. The van der Waals surface area contributed by atoms with E-state index in [9.17, 15) is 0 Å². The summed E-state index contributed by atoms with van der Waals surface area (Å²) >= 11 is 0. The summed E-state index contributed by atoms with van der Waals surface area (Å²) in [5, 5.41) is 3.49. The highest BCUT2D eigenvalue weighted by Gasteiger charge is 2.56. The molecule has 3 aliphatic heterocycles. The minimum atomic E-state index is 0.408. The molecule has 3 heterocycles.